The van der Waals surface area contributed by atoms with Crippen LogP contribution < -0.4 is 10.5 Å². The normalized spacial score (nSPS) is 26.6. The summed E-state index contributed by atoms with van der Waals surface area (Å²) < 4.78 is 5.33. The lowest BCUT2D eigenvalue weighted by Crippen LogP contribution is -2.43. The van der Waals surface area contributed by atoms with Gasteiger partial charge in [-0.2, -0.15) is 15.8 Å². The molecular formula is C21H20N4O. The van der Waals surface area contributed by atoms with Crippen molar-refractivity contribution < 1.29 is 4.74 Å². The summed E-state index contributed by atoms with van der Waals surface area (Å²) in [7, 11) is 1.58. The molecule has 1 aromatic carbocycles. The van der Waals surface area contributed by atoms with Gasteiger partial charge >= 0.3 is 0 Å². The molecule has 0 spiro atoms. The zero-order valence-corrected chi connectivity index (χ0v) is 14.9. The third kappa shape index (κ3) is 2.43. The van der Waals surface area contributed by atoms with Crippen molar-refractivity contribution in [3.63, 3.8) is 0 Å². The van der Waals surface area contributed by atoms with E-state index in [1.54, 1.807) is 7.11 Å². The third-order valence-corrected chi connectivity index (χ3v) is 5.57. The van der Waals surface area contributed by atoms with E-state index in [1.165, 1.54) is 0 Å². The maximum atomic E-state index is 9.99. The first kappa shape index (κ1) is 17.6. The summed E-state index contributed by atoms with van der Waals surface area (Å²) in [4.78, 5) is 0. The monoisotopic (exact) mass is 344 g/mol. The molecule has 2 aliphatic rings. The van der Waals surface area contributed by atoms with Crippen LogP contribution in [0.1, 0.15) is 31.2 Å². The number of ether oxygens (including phenoxy) is 1. The molecule has 0 saturated carbocycles. The van der Waals surface area contributed by atoms with Gasteiger partial charge in [-0.3, -0.25) is 0 Å². The zero-order chi connectivity index (χ0) is 18.9. The molecule has 5 heteroatoms. The van der Waals surface area contributed by atoms with Crippen LogP contribution >= 0.6 is 0 Å². The summed E-state index contributed by atoms with van der Waals surface area (Å²) in [5.74, 6) is 0.521. The molecule has 130 valence electrons. The van der Waals surface area contributed by atoms with Gasteiger partial charge in [0.05, 0.1) is 30.5 Å². The van der Waals surface area contributed by atoms with E-state index in [0.29, 0.717) is 17.2 Å². The first-order valence-electron chi connectivity index (χ1n) is 8.59. The van der Waals surface area contributed by atoms with E-state index >= 15 is 0 Å². The number of rotatable bonds is 2. The second-order valence-electron chi connectivity index (χ2n) is 7.03. The highest BCUT2D eigenvalue weighted by molar-refractivity contribution is 5.59. The quantitative estimate of drug-likeness (QED) is 0.883. The highest BCUT2D eigenvalue weighted by Crippen LogP contribution is 2.56. The molecule has 0 saturated heterocycles. The fourth-order valence-corrected chi connectivity index (χ4v) is 4.29. The van der Waals surface area contributed by atoms with E-state index < -0.39 is 11.3 Å². The molecule has 0 unspecified atom stereocenters. The van der Waals surface area contributed by atoms with E-state index in [0.717, 1.165) is 24.0 Å². The van der Waals surface area contributed by atoms with Gasteiger partial charge in [0, 0.05) is 5.92 Å². The van der Waals surface area contributed by atoms with Crippen LogP contribution in [0.25, 0.3) is 0 Å². The van der Waals surface area contributed by atoms with Crippen molar-refractivity contribution in [3.8, 4) is 24.0 Å². The molecule has 0 aliphatic heterocycles. The Kier molecular flexibility index (Phi) is 4.45. The Balaban J connectivity index is 2.32. The highest BCUT2D eigenvalue weighted by atomic mass is 16.5. The van der Waals surface area contributed by atoms with Gasteiger partial charge in [-0.15, -0.1) is 0 Å². The molecule has 0 bridgehead atoms. The summed E-state index contributed by atoms with van der Waals surface area (Å²) in [6, 6.07) is 13.9. The van der Waals surface area contributed by atoms with Crippen molar-refractivity contribution in [1.82, 2.24) is 0 Å². The largest absolute Gasteiger partial charge is 0.497 e. The molecule has 3 atom stereocenters. The smallest absolute Gasteiger partial charge is 0.191 e. The molecule has 26 heavy (non-hydrogen) atoms. The van der Waals surface area contributed by atoms with Crippen LogP contribution in [0.15, 0.2) is 47.2 Å². The van der Waals surface area contributed by atoms with Crippen LogP contribution in [0.5, 0.6) is 5.75 Å². The fourth-order valence-electron chi connectivity index (χ4n) is 4.29. The Bertz CT molecular complexity index is 909. The van der Waals surface area contributed by atoms with Crippen LogP contribution in [0.3, 0.4) is 0 Å². The molecule has 0 amide bonds. The SMILES string of the molecule is COc1cccc([C@H]2[C@@H]3C[C@@H](C)CC=C3C(C#N)=C(N)C2(C#N)C#N)c1. The number of nitrogens with zero attached hydrogens (tertiary/aromatic N) is 3. The van der Waals surface area contributed by atoms with Crippen molar-refractivity contribution in [3.05, 3.63) is 52.7 Å². The average molecular weight is 344 g/mol. The van der Waals surface area contributed by atoms with Gasteiger partial charge < -0.3 is 10.5 Å². The lowest BCUT2D eigenvalue weighted by atomic mass is 9.56. The van der Waals surface area contributed by atoms with Crippen LogP contribution in [0.2, 0.25) is 0 Å². The van der Waals surface area contributed by atoms with Crippen molar-refractivity contribution in [1.29, 1.82) is 15.8 Å². The van der Waals surface area contributed by atoms with Crippen LogP contribution in [-0.4, -0.2) is 7.11 Å². The standard InChI is InChI=1S/C21H20N4O/c1-13-6-7-16-17(8-13)19(14-4-3-5-15(9-14)26-2)21(11-23,12-24)20(25)18(16)10-22/h3-5,7,9,13,17,19H,6,8,25H2,1-2H3/t13-,17+,19-/m0/s1. The predicted molar refractivity (Wildman–Crippen MR) is 96.2 cm³/mol. The number of benzene rings is 1. The lowest BCUT2D eigenvalue weighted by Gasteiger charge is -2.44. The Morgan fingerprint density at radius 3 is 2.58 bits per heavy atom. The van der Waals surface area contributed by atoms with Crippen LogP contribution in [0, 0.1) is 51.2 Å². The van der Waals surface area contributed by atoms with Crippen molar-refractivity contribution in [2.75, 3.05) is 7.11 Å². The Hall–Kier alpha value is -3.23. The van der Waals surface area contributed by atoms with Gasteiger partial charge in [-0.1, -0.05) is 25.1 Å². The first-order chi connectivity index (χ1) is 12.5. The summed E-state index contributed by atoms with van der Waals surface area (Å²) in [6.45, 7) is 2.14. The van der Waals surface area contributed by atoms with E-state index in [-0.39, 0.29) is 11.6 Å². The van der Waals surface area contributed by atoms with Gasteiger partial charge in [0.25, 0.3) is 0 Å². The highest BCUT2D eigenvalue weighted by Gasteiger charge is 2.54. The Morgan fingerprint density at radius 2 is 1.96 bits per heavy atom. The van der Waals surface area contributed by atoms with Crippen LogP contribution in [0.4, 0.5) is 0 Å². The van der Waals surface area contributed by atoms with E-state index in [4.69, 9.17) is 10.5 Å². The molecular weight excluding hydrogens is 324 g/mol. The number of nitriles is 3. The van der Waals surface area contributed by atoms with Gasteiger partial charge in [0.15, 0.2) is 5.41 Å². The first-order valence-corrected chi connectivity index (χ1v) is 8.59. The van der Waals surface area contributed by atoms with Gasteiger partial charge in [0.1, 0.15) is 11.8 Å². The second-order valence-corrected chi connectivity index (χ2v) is 7.03. The van der Waals surface area contributed by atoms with Crippen molar-refractivity contribution >= 4 is 0 Å². The minimum Gasteiger partial charge on any atom is -0.497 e. The molecule has 0 fully saturated rings. The number of nitrogens with two attached hydrogens (primary N) is 1. The van der Waals surface area contributed by atoms with Crippen molar-refractivity contribution in [2.45, 2.75) is 25.7 Å². The van der Waals surface area contributed by atoms with Gasteiger partial charge in [-0.05, 0) is 47.9 Å². The number of allylic oxidation sites excluding steroid dienone is 4. The summed E-state index contributed by atoms with van der Waals surface area (Å²) in [5.41, 5.74) is 6.76. The number of fused-ring (bicyclic) bond motifs is 1. The summed E-state index contributed by atoms with van der Waals surface area (Å²) >= 11 is 0. The van der Waals surface area contributed by atoms with Gasteiger partial charge in [0.2, 0.25) is 0 Å². The second kappa shape index (κ2) is 6.58. The Labute approximate surface area is 153 Å². The van der Waals surface area contributed by atoms with E-state index in [9.17, 15) is 15.8 Å². The zero-order valence-electron chi connectivity index (χ0n) is 14.9. The topological polar surface area (TPSA) is 107 Å². The molecule has 3 rings (SSSR count). The summed E-state index contributed by atoms with van der Waals surface area (Å²) in [6.07, 6.45) is 3.72. The minimum absolute atomic E-state index is 0.0647. The lowest BCUT2D eigenvalue weighted by molar-refractivity contribution is 0.283. The van der Waals surface area contributed by atoms with Crippen molar-refractivity contribution in [2.24, 2.45) is 23.0 Å². The van der Waals surface area contributed by atoms with Gasteiger partial charge in [-0.25, -0.2) is 0 Å². The van der Waals surface area contributed by atoms with E-state index in [2.05, 4.69) is 31.2 Å². The maximum absolute atomic E-state index is 9.99. The molecule has 0 radical (unpaired) electrons. The van der Waals surface area contributed by atoms with Crippen LogP contribution in [-0.2, 0) is 0 Å². The number of methoxy groups -OCH3 is 1. The summed E-state index contributed by atoms with van der Waals surface area (Å²) in [5, 5.41) is 29.6. The molecule has 5 nitrogen and oxygen atoms in total. The minimum atomic E-state index is -1.57. The van der Waals surface area contributed by atoms with E-state index in [1.807, 2.05) is 24.3 Å². The number of hydrogen-bond donors (Lipinski definition) is 1. The molecule has 1 aromatic rings. The Morgan fingerprint density at radius 1 is 1.23 bits per heavy atom. The average Bonchev–Trinajstić information content (AvgIpc) is 2.67. The predicted octanol–water partition coefficient (Wildman–Crippen LogP) is 3.53. The number of hydrogen-bond acceptors (Lipinski definition) is 5. The molecule has 0 heterocycles. The molecule has 2 N–H and O–H groups in total. The molecule has 0 aromatic heterocycles. The molecule has 2 aliphatic carbocycles. The maximum Gasteiger partial charge on any atom is 0.191 e. The third-order valence-electron chi connectivity index (χ3n) is 5.57. The fraction of sp³-hybridized carbons (Fsp3) is 0.381.